The van der Waals surface area contributed by atoms with E-state index >= 15 is 0 Å². The third-order valence-electron chi connectivity index (χ3n) is 5.79. The minimum Gasteiger partial charge on any atom is -0.353 e. The van der Waals surface area contributed by atoms with Gasteiger partial charge < -0.3 is 5.73 Å². The molecule has 1 saturated heterocycles. The van der Waals surface area contributed by atoms with Crippen molar-refractivity contribution in [2.24, 2.45) is 10.9 Å². The first kappa shape index (κ1) is 18.0. The molecular weight excluding hydrogens is 320 g/mol. The van der Waals surface area contributed by atoms with Crippen LogP contribution in [0.3, 0.4) is 0 Å². The van der Waals surface area contributed by atoms with Gasteiger partial charge in [0, 0.05) is 18.2 Å². The Labute approximate surface area is 148 Å². The van der Waals surface area contributed by atoms with Gasteiger partial charge in [-0.1, -0.05) is 25.7 Å². The molecule has 138 valence electrons. The third-order valence-corrected chi connectivity index (χ3v) is 5.79. The number of rotatable bonds is 3. The minimum atomic E-state index is -0.978. The van der Waals surface area contributed by atoms with Gasteiger partial charge in [0.15, 0.2) is 5.92 Å². The number of barbiturate groups is 1. The molecule has 0 aromatic rings. The largest absolute Gasteiger partial charge is 0.353 e. The van der Waals surface area contributed by atoms with Crippen LogP contribution in [0.25, 0.3) is 0 Å². The van der Waals surface area contributed by atoms with Gasteiger partial charge in [-0.25, -0.2) is 4.79 Å². The second-order valence-corrected chi connectivity index (χ2v) is 7.61. The van der Waals surface area contributed by atoms with Crippen molar-refractivity contribution in [1.82, 2.24) is 10.2 Å². The minimum absolute atomic E-state index is 0.0649. The number of quaternary nitrogens is 1. The number of hydrogen-bond donors (Lipinski definition) is 2. The van der Waals surface area contributed by atoms with Crippen LogP contribution in [0, 0.1) is 5.92 Å². The van der Waals surface area contributed by atoms with Gasteiger partial charge in [0.2, 0.25) is 11.8 Å². The molecule has 7 heteroatoms. The SMILES string of the molecule is CC(=N[C@@H]1CCCC[C@H]1[NH3+])C1C(=O)NC(=O)N(C2CCCCC2)C1=O. The summed E-state index contributed by atoms with van der Waals surface area (Å²) in [6, 6.07) is -0.379. The third kappa shape index (κ3) is 3.76. The first-order chi connectivity index (χ1) is 12.0. The normalized spacial score (nSPS) is 32.7. The lowest BCUT2D eigenvalue weighted by molar-refractivity contribution is -0.428. The maximum absolute atomic E-state index is 13.0. The Kier molecular flexibility index (Phi) is 5.51. The first-order valence-corrected chi connectivity index (χ1v) is 9.54. The summed E-state index contributed by atoms with van der Waals surface area (Å²) in [6.07, 6.45) is 9.03. The van der Waals surface area contributed by atoms with Gasteiger partial charge in [0.05, 0.1) is 0 Å². The molecule has 3 aliphatic rings. The number of carbonyl (C=O) groups is 3. The van der Waals surface area contributed by atoms with Crippen molar-refractivity contribution in [2.45, 2.75) is 82.8 Å². The van der Waals surface area contributed by atoms with Crippen molar-refractivity contribution in [2.75, 3.05) is 0 Å². The van der Waals surface area contributed by atoms with E-state index in [1.165, 1.54) is 4.90 Å². The Morgan fingerprint density at radius 2 is 1.68 bits per heavy atom. The smallest absolute Gasteiger partial charge is 0.331 e. The Morgan fingerprint density at radius 1 is 1.04 bits per heavy atom. The van der Waals surface area contributed by atoms with Crippen molar-refractivity contribution in [3.63, 3.8) is 0 Å². The lowest BCUT2D eigenvalue weighted by Gasteiger charge is -2.37. The van der Waals surface area contributed by atoms with Gasteiger partial charge in [-0.15, -0.1) is 0 Å². The predicted molar refractivity (Wildman–Crippen MR) is 92.8 cm³/mol. The van der Waals surface area contributed by atoms with Crippen molar-refractivity contribution in [3.8, 4) is 0 Å². The van der Waals surface area contributed by atoms with Crippen LogP contribution in [0.4, 0.5) is 4.79 Å². The number of urea groups is 1. The van der Waals surface area contributed by atoms with Gasteiger partial charge in [-0.2, -0.15) is 0 Å². The van der Waals surface area contributed by atoms with E-state index in [1.807, 2.05) is 0 Å². The van der Waals surface area contributed by atoms with Gasteiger partial charge in [0.1, 0.15) is 12.1 Å². The standard InChI is InChI=1S/C18H28N4O3/c1-11(20-14-10-6-5-9-13(14)19)15-16(23)21-18(25)22(17(15)24)12-7-3-2-4-8-12/h12-15H,2-10,19H2,1H3,(H,21,23,25)/p+1/t13-,14-,15?/m1/s1. The monoisotopic (exact) mass is 349 g/mol. The number of carbonyl (C=O) groups excluding carboxylic acids is 3. The molecule has 3 fully saturated rings. The van der Waals surface area contributed by atoms with E-state index in [-0.39, 0.29) is 18.1 Å². The van der Waals surface area contributed by atoms with E-state index in [1.54, 1.807) is 6.92 Å². The second kappa shape index (κ2) is 7.64. The van der Waals surface area contributed by atoms with Crippen LogP contribution >= 0.6 is 0 Å². The summed E-state index contributed by atoms with van der Waals surface area (Å²) in [4.78, 5) is 43.5. The molecule has 3 rings (SSSR count). The van der Waals surface area contributed by atoms with E-state index in [9.17, 15) is 14.4 Å². The van der Waals surface area contributed by atoms with Crippen LogP contribution in [0.2, 0.25) is 0 Å². The number of imide groups is 2. The highest BCUT2D eigenvalue weighted by Crippen LogP contribution is 2.27. The molecule has 3 atom stereocenters. The van der Waals surface area contributed by atoms with Crippen molar-refractivity contribution in [3.05, 3.63) is 0 Å². The molecule has 0 spiro atoms. The van der Waals surface area contributed by atoms with Gasteiger partial charge >= 0.3 is 6.03 Å². The number of nitrogens with zero attached hydrogens (tertiary/aromatic N) is 2. The maximum atomic E-state index is 13.0. The zero-order valence-electron chi connectivity index (χ0n) is 15.0. The molecule has 1 heterocycles. The Morgan fingerprint density at radius 3 is 2.36 bits per heavy atom. The van der Waals surface area contributed by atoms with Crippen molar-refractivity contribution >= 4 is 23.6 Å². The molecule has 2 aliphatic carbocycles. The number of amides is 4. The molecular formula is C18H29N4O3+. The fraction of sp³-hybridized carbons (Fsp3) is 0.778. The molecule has 4 amide bonds. The van der Waals surface area contributed by atoms with Gasteiger partial charge in [-0.3, -0.25) is 24.8 Å². The molecule has 1 unspecified atom stereocenters. The van der Waals surface area contributed by atoms with Crippen LogP contribution < -0.4 is 11.1 Å². The number of nitrogens with one attached hydrogen (secondary N) is 1. The summed E-state index contributed by atoms with van der Waals surface area (Å²) < 4.78 is 0. The lowest BCUT2D eigenvalue weighted by atomic mass is 9.89. The second-order valence-electron chi connectivity index (χ2n) is 7.61. The Balaban J connectivity index is 1.80. The van der Waals surface area contributed by atoms with Gasteiger partial charge in [-0.05, 0) is 32.6 Å². The summed E-state index contributed by atoms with van der Waals surface area (Å²) >= 11 is 0. The van der Waals surface area contributed by atoms with E-state index < -0.39 is 23.8 Å². The predicted octanol–water partition coefficient (Wildman–Crippen LogP) is 1.03. The average Bonchev–Trinajstić information content (AvgIpc) is 2.57. The molecule has 25 heavy (non-hydrogen) atoms. The summed E-state index contributed by atoms with van der Waals surface area (Å²) in [5.74, 6) is -1.92. The summed E-state index contributed by atoms with van der Waals surface area (Å²) in [5, 5.41) is 2.37. The average molecular weight is 349 g/mol. The summed E-state index contributed by atoms with van der Waals surface area (Å²) in [7, 11) is 0. The highest BCUT2D eigenvalue weighted by molar-refractivity contribution is 6.27. The molecule has 2 saturated carbocycles. The van der Waals surface area contributed by atoms with Crippen LogP contribution in [-0.4, -0.2) is 46.6 Å². The van der Waals surface area contributed by atoms with E-state index in [4.69, 9.17) is 0 Å². The molecule has 4 N–H and O–H groups in total. The van der Waals surface area contributed by atoms with Crippen LogP contribution in [0.15, 0.2) is 4.99 Å². The fourth-order valence-electron chi connectivity index (χ4n) is 4.34. The molecule has 1 aliphatic heterocycles. The first-order valence-electron chi connectivity index (χ1n) is 9.54. The quantitative estimate of drug-likeness (QED) is 0.587. The number of hydrogen-bond acceptors (Lipinski definition) is 4. The van der Waals surface area contributed by atoms with Crippen molar-refractivity contribution < 1.29 is 20.1 Å². The molecule has 0 radical (unpaired) electrons. The number of aliphatic imine (C=N–C) groups is 1. The zero-order chi connectivity index (χ0) is 18.0. The zero-order valence-corrected chi connectivity index (χ0v) is 15.0. The Bertz CT molecular complexity index is 583. The topological polar surface area (TPSA) is 106 Å². The lowest BCUT2D eigenvalue weighted by Crippen LogP contribution is -2.67. The van der Waals surface area contributed by atoms with Crippen LogP contribution in [-0.2, 0) is 9.59 Å². The maximum Gasteiger partial charge on any atom is 0.331 e. The molecule has 0 aromatic heterocycles. The van der Waals surface area contributed by atoms with Crippen LogP contribution in [0.5, 0.6) is 0 Å². The fourth-order valence-corrected chi connectivity index (χ4v) is 4.34. The van der Waals surface area contributed by atoms with E-state index in [2.05, 4.69) is 16.0 Å². The van der Waals surface area contributed by atoms with Crippen LogP contribution in [0.1, 0.15) is 64.7 Å². The van der Waals surface area contributed by atoms with E-state index in [0.717, 1.165) is 57.8 Å². The molecule has 7 nitrogen and oxygen atoms in total. The van der Waals surface area contributed by atoms with E-state index in [0.29, 0.717) is 5.71 Å². The molecule has 0 bridgehead atoms. The Hall–Kier alpha value is -1.76. The highest BCUT2D eigenvalue weighted by Gasteiger charge is 2.45. The highest BCUT2D eigenvalue weighted by atomic mass is 16.2. The summed E-state index contributed by atoms with van der Waals surface area (Å²) in [6.45, 7) is 1.73. The summed E-state index contributed by atoms with van der Waals surface area (Å²) in [5.41, 5.74) is 4.67. The van der Waals surface area contributed by atoms with Crippen molar-refractivity contribution in [1.29, 1.82) is 0 Å². The van der Waals surface area contributed by atoms with Gasteiger partial charge in [0.25, 0.3) is 0 Å². The molecule has 0 aromatic carbocycles.